The zero-order valence-corrected chi connectivity index (χ0v) is 13.7. The van der Waals surface area contributed by atoms with Crippen LogP contribution >= 0.6 is 0 Å². The molecule has 0 saturated heterocycles. The summed E-state index contributed by atoms with van der Waals surface area (Å²) in [6.45, 7) is 0. The van der Waals surface area contributed by atoms with Crippen molar-refractivity contribution in [3.05, 3.63) is 56.2 Å². The van der Waals surface area contributed by atoms with Crippen molar-refractivity contribution in [2.75, 3.05) is 19.0 Å². The predicted octanol–water partition coefficient (Wildman–Crippen LogP) is 0.284. The van der Waals surface area contributed by atoms with Gasteiger partial charge < -0.3 is 15.4 Å². The van der Waals surface area contributed by atoms with E-state index in [-0.39, 0.29) is 17.5 Å². The Hall–Kier alpha value is -3.03. The van der Waals surface area contributed by atoms with Crippen molar-refractivity contribution in [2.45, 2.75) is 12.5 Å². The molecule has 8 nitrogen and oxygen atoms in total. The lowest BCUT2D eigenvalue weighted by Crippen LogP contribution is -2.32. The van der Waals surface area contributed by atoms with E-state index < -0.39 is 11.2 Å². The number of hydrogen-bond donors (Lipinski definition) is 3. The number of aromatic nitrogens is 2. The van der Waals surface area contributed by atoms with Gasteiger partial charge in [-0.05, 0) is 17.7 Å². The second-order valence-electron chi connectivity index (χ2n) is 5.95. The monoisotopic (exact) mass is 329 g/mol. The number of hydrogen-bond acceptors (Lipinski definition) is 6. The molecular formula is C16H19N5O3. The molecule has 2 aromatic rings. The largest absolute Gasteiger partial charge is 0.494 e. The molecule has 0 bridgehead atoms. The summed E-state index contributed by atoms with van der Waals surface area (Å²) in [6, 6.07) is 7.91. The molecule has 1 unspecified atom stereocenters. The molecular weight excluding hydrogens is 310 g/mol. The molecule has 3 N–H and O–H groups in total. The molecule has 1 atom stereocenters. The number of nitrogens with one attached hydrogen (secondary N) is 2. The minimum atomic E-state index is -0.663. The van der Waals surface area contributed by atoms with Crippen molar-refractivity contribution in [1.82, 2.24) is 15.0 Å². The van der Waals surface area contributed by atoms with Crippen molar-refractivity contribution in [1.29, 1.82) is 0 Å². The average Bonchev–Trinajstić information content (AvgIpc) is 3.02. The standard InChI is InChI=1S/C16H19N5O3/c1-20(2)10-6-4-9(5-7-10)11-8-12(19-18-11)13-14(22)17-16(24)21(3)15(13)23/h4-7,11,18,23H,8H2,1-3H3,(H,17,22,24). The highest BCUT2D eigenvalue weighted by Gasteiger charge is 2.26. The van der Waals surface area contributed by atoms with Crippen LogP contribution in [-0.2, 0) is 7.05 Å². The summed E-state index contributed by atoms with van der Waals surface area (Å²) in [5.41, 5.74) is 4.24. The lowest BCUT2D eigenvalue weighted by atomic mass is 10.00. The maximum absolute atomic E-state index is 12.0. The van der Waals surface area contributed by atoms with Crippen LogP contribution < -0.4 is 21.6 Å². The van der Waals surface area contributed by atoms with E-state index in [0.29, 0.717) is 12.1 Å². The van der Waals surface area contributed by atoms with Gasteiger partial charge in [-0.25, -0.2) is 4.79 Å². The molecule has 3 rings (SSSR count). The molecule has 1 aliphatic rings. The van der Waals surface area contributed by atoms with Gasteiger partial charge >= 0.3 is 5.69 Å². The summed E-state index contributed by atoms with van der Waals surface area (Å²) < 4.78 is 0.985. The highest BCUT2D eigenvalue weighted by atomic mass is 16.3. The molecule has 0 amide bonds. The van der Waals surface area contributed by atoms with Crippen LogP contribution in [0.15, 0.2) is 39.0 Å². The van der Waals surface area contributed by atoms with Crippen LogP contribution in [-0.4, -0.2) is 34.5 Å². The fourth-order valence-corrected chi connectivity index (χ4v) is 2.66. The molecule has 0 spiro atoms. The second kappa shape index (κ2) is 5.88. The highest BCUT2D eigenvalue weighted by Crippen LogP contribution is 2.27. The summed E-state index contributed by atoms with van der Waals surface area (Å²) >= 11 is 0. The Balaban J connectivity index is 1.87. The number of rotatable bonds is 3. The lowest BCUT2D eigenvalue weighted by molar-refractivity contribution is 0.416. The highest BCUT2D eigenvalue weighted by molar-refractivity contribution is 6.03. The van der Waals surface area contributed by atoms with Gasteiger partial charge in [0.15, 0.2) is 0 Å². The molecule has 24 heavy (non-hydrogen) atoms. The van der Waals surface area contributed by atoms with E-state index in [1.165, 1.54) is 7.05 Å². The van der Waals surface area contributed by atoms with Gasteiger partial charge in [0.25, 0.3) is 5.56 Å². The van der Waals surface area contributed by atoms with E-state index in [4.69, 9.17) is 0 Å². The van der Waals surface area contributed by atoms with Crippen molar-refractivity contribution >= 4 is 11.4 Å². The van der Waals surface area contributed by atoms with Gasteiger partial charge in [0.1, 0.15) is 5.56 Å². The first-order valence-corrected chi connectivity index (χ1v) is 7.50. The summed E-state index contributed by atoms with van der Waals surface area (Å²) in [6.07, 6.45) is 0.441. The Morgan fingerprint density at radius 3 is 2.54 bits per heavy atom. The summed E-state index contributed by atoms with van der Waals surface area (Å²) in [5, 5.41) is 14.3. The third-order valence-electron chi connectivity index (χ3n) is 4.15. The van der Waals surface area contributed by atoms with Crippen molar-refractivity contribution < 1.29 is 5.11 Å². The van der Waals surface area contributed by atoms with E-state index in [9.17, 15) is 14.7 Å². The van der Waals surface area contributed by atoms with Crippen LogP contribution in [0.3, 0.4) is 0 Å². The molecule has 0 fully saturated rings. The molecule has 1 aromatic heterocycles. The van der Waals surface area contributed by atoms with Crippen LogP contribution in [0.1, 0.15) is 23.6 Å². The zero-order valence-electron chi connectivity index (χ0n) is 13.7. The minimum absolute atomic E-state index is 0.0250. The first-order chi connectivity index (χ1) is 11.4. The summed E-state index contributed by atoms with van der Waals surface area (Å²) in [5.74, 6) is -0.382. The Kier molecular flexibility index (Phi) is 3.88. The lowest BCUT2D eigenvalue weighted by Gasteiger charge is -2.15. The number of anilines is 1. The average molecular weight is 329 g/mol. The smallest absolute Gasteiger partial charge is 0.330 e. The van der Waals surface area contributed by atoms with Gasteiger partial charge in [0.05, 0.1) is 11.8 Å². The molecule has 0 aliphatic carbocycles. The van der Waals surface area contributed by atoms with Crippen LogP contribution in [0.5, 0.6) is 5.88 Å². The van der Waals surface area contributed by atoms with Crippen molar-refractivity contribution in [2.24, 2.45) is 12.1 Å². The van der Waals surface area contributed by atoms with Gasteiger partial charge in [-0.3, -0.25) is 14.3 Å². The second-order valence-corrected chi connectivity index (χ2v) is 5.95. The van der Waals surface area contributed by atoms with Gasteiger partial charge in [-0.1, -0.05) is 12.1 Å². The summed E-state index contributed by atoms with van der Waals surface area (Å²) in [4.78, 5) is 27.7. The maximum atomic E-state index is 12.0. The number of benzene rings is 1. The SMILES string of the molecule is CN(C)c1ccc(C2CC(c3c(O)n(C)c(=O)[nH]c3=O)=NN2)cc1. The fraction of sp³-hybridized carbons (Fsp3) is 0.312. The number of hydrazone groups is 1. The van der Waals surface area contributed by atoms with Crippen molar-refractivity contribution in [3.63, 3.8) is 0 Å². The number of aromatic amines is 1. The number of nitrogens with zero attached hydrogens (tertiary/aromatic N) is 3. The van der Waals surface area contributed by atoms with E-state index >= 15 is 0 Å². The Morgan fingerprint density at radius 1 is 1.25 bits per heavy atom. The van der Waals surface area contributed by atoms with Crippen LogP contribution in [0.4, 0.5) is 5.69 Å². The van der Waals surface area contributed by atoms with Gasteiger partial charge in [0.2, 0.25) is 5.88 Å². The molecule has 1 aliphatic heterocycles. The first kappa shape index (κ1) is 15.9. The van der Waals surface area contributed by atoms with Crippen LogP contribution in [0.25, 0.3) is 0 Å². The Labute approximate surface area is 138 Å². The summed E-state index contributed by atoms with van der Waals surface area (Å²) in [7, 11) is 5.33. The molecule has 126 valence electrons. The molecule has 8 heteroatoms. The molecule has 1 aromatic carbocycles. The van der Waals surface area contributed by atoms with Gasteiger partial charge in [0, 0.05) is 33.3 Å². The number of aromatic hydroxyl groups is 1. The fourth-order valence-electron chi connectivity index (χ4n) is 2.66. The van der Waals surface area contributed by atoms with Crippen LogP contribution in [0.2, 0.25) is 0 Å². The quantitative estimate of drug-likeness (QED) is 0.751. The van der Waals surface area contributed by atoms with Crippen LogP contribution in [0, 0.1) is 0 Å². The maximum Gasteiger partial charge on any atom is 0.330 e. The van der Waals surface area contributed by atoms with E-state index in [2.05, 4.69) is 15.5 Å². The van der Waals surface area contributed by atoms with E-state index in [1.54, 1.807) is 0 Å². The normalized spacial score (nSPS) is 16.6. The Morgan fingerprint density at radius 2 is 1.92 bits per heavy atom. The predicted molar refractivity (Wildman–Crippen MR) is 91.8 cm³/mol. The number of H-pyrrole nitrogens is 1. The zero-order chi connectivity index (χ0) is 17.4. The molecule has 0 radical (unpaired) electrons. The van der Waals surface area contributed by atoms with Gasteiger partial charge in [-0.2, -0.15) is 5.10 Å². The minimum Gasteiger partial charge on any atom is -0.494 e. The van der Waals surface area contributed by atoms with Crippen molar-refractivity contribution in [3.8, 4) is 5.88 Å². The topological polar surface area (TPSA) is 103 Å². The Bertz CT molecular complexity index is 909. The first-order valence-electron chi connectivity index (χ1n) is 7.50. The van der Waals surface area contributed by atoms with E-state index in [0.717, 1.165) is 15.8 Å². The third kappa shape index (κ3) is 2.66. The molecule has 0 saturated carbocycles. The van der Waals surface area contributed by atoms with Gasteiger partial charge in [-0.15, -0.1) is 0 Å². The third-order valence-corrected chi connectivity index (χ3v) is 4.15. The van der Waals surface area contributed by atoms with E-state index in [1.807, 2.05) is 43.3 Å². The molecule has 2 heterocycles.